The highest BCUT2D eigenvalue weighted by Crippen LogP contribution is 2.19. The zero-order chi connectivity index (χ0) is 23.3. The summed E-state index contributed by atoms with van der Waals surface area (Å²) in [7, 11) is -3.81. The summed E-state index contributed by atoms with van der Waals surface area (Å²) < 4.78 is 25.1. The Kier molecular flexibility index (Phi) is 6.15. The molecule has 0 aromatic heterocycles. The highest BCUT2D eigenvalue weighted by molar-refractivity contribution is 7.89. The first-order valence-electron chi connectivity index (χ1n) is 9.90. The van der Waals surface area contributed by atoms with Gasteiger partial charge in [-0.25, -0.2) is 4.83 Å². The van der Waals surface area contributed by atoms with Gasteiger partial charge in [0, 0.05) is 11.3 Å². The lowest BCUT2D eigenvalue weighted by Crippen LogP contribution is -2.18. The lowest BCUT2D eigenvalue weighted by Gasteiger charge is -2.06. The lowest BCUT2D eigenvalue weighted by molar-refractivity contribution is 0.102. The third-order valence-electron chi connectivity index (χ3n) is 4.86. The van der Waals surface area contributed by atoms with Crippen molar-refractivity contribution in [2.75, 3.05) is 5.32 Å². The number of benzene rings is 4. The summed E-state index contributed by atoms with van der Waals surface area (Å²) in [4.78, 5) is 14.6. The molecule has 0 fully saturated rings. The van der Waals surface area contributed by atoms with Gasteiger partial charge in [-0.15, -0.1) is 0 Å². The Bertz CT molecular complexity index is 1490. The minimum absolute atomic E-state index is 0.124. The summed E-state index contributed by atoms with van der Waals surface area (Å²) in [6.45, 7) is 0. The molecule has 1 amide bonds. The molecule has 0 heterocycles. The SMILES string of the molecule is N#Cc1ccc(C(=O)Nc2ccc(C=NNS(=O)(=O)c3ccc4ccccc4c3)cc2)cc1. The number of nitrogens with one attached hydrogen (secondary N) is 2. The lowest BCUT2D eigenvalue weighted by atomic mass is 10.1. The Balaban J connectivity index is 1.39. The Labute approximate surface area is 191 Å². The normalized spacial score (nSPS) is 11.2. The number of hydrogen-bond donors (Lipinski definition) is 2. The summed E-state index contributed by atoms with van der Waals surface area (Å²) in [5.41, 5.74) is 2.13. The molecule has 4 aromatic rings. The molecule has 0 radical (unpaired) electrons. The fraction of sp³-hybridized carbons (Fsp3) is 0. The molecular formula is C25H18N4O3S. The van der Waals surface area contributed by atoms with E-state index in [1.807, 2.05) is 30.3 Å². The second kappa shape index (κ2) is 9.34. The Hall–Kier alpha value is -4.48. The van der Waals surface area contributed by atoms with Crippen LogP contribution in [0.5, 0.6) is 0 Å². The highest BCUT2D eigenvalue weighted by atomic mass is 32.2. The summed E-state index contributed by atoms with van der Waals surface area (Å²) in [6.07, 6.45) is 1.38. The molecule has 0 aliphatic heterocycles. The number of carbonyl (C=O) groups excluding carboxylic acids is 1. The first kappa shape index (κ1) is 21.7. The van der Waals surface area contributed by atoms with Crippen molar-refractivity contribution >= 4 is 38.6 Å². The standard InChI is InChI=1S/C25H18N4O3S/c26-16-18-5-9-21(10-6-18)25(30)28-23-12-7-19(8-13-23)17-27-29-33(31,32)24-14-11-20-3-1-2-4-22(20)15-24/h1-15,17,29H,(H,28,30). The number of nitriles is 1. The van der Waals surface area contributed by atoms with E-state index in [2.05, 4.69) is 15.2 Å². The predicted molar refractivity (Wildman–Crippen MR) is 127 cm³/mol. The van der Waals surface area contributed by atoms with E-state index in [0.717, 1.165) is 10.8 Å². The number of fused-ring (bicyclic) bond motifs is 1. The Morgan fingerprint density at radius 3 is 2.27 bits per heavy atom. The van der Waals surface area contributed by atoms with Gasteiger partial charge < -0.3 is 5.32 Å². The fourth-order valence-corrected chi connectivity index (χ4v) is 3.94. The molecule has 4 rings (SSSR count). The predicted octanol–water partition coefficient (Wildman–Crippen LogP) is 4.28. The molecule has 0 bridgehead atoms. The minimum atomic E-state index is -3.81. The van der Waals surface area contributed by atoms with E-state index in [9.17, 15) is 13.2 Å². The van der Waals surface area contributed by atoms with Crippen LogP contribution in [0.3, 0.4) is 0 Å². The maximum atomic E-state index is 12.5. The molecule has 4 aromatic carbocycles. The van der Waals surface area contributed by atoms with E-state index in [0.29, 0.717) is 22.4 Å². The van der Waals surface area contributed by atoms with Crippen LogP contribution in [0.25, 0.3) is 10.8 Å². The average molecular weight is 455 g/mol. The second-order valence-electron chi connectivity index (χ2n) is 7.13. The van der Waals surface area contributed by atoms with Crippen molar-refractivity contribution < 1.29 is 13.2 Å². The third-order valence-corrected chi connectivity index (χ3v) is 6.08. The zero-order valence-corrected chi connectivity index (χ0v) is 18.1. The van der Waals surface area contributed by atoms with Crippen LogP contribution in [-0.4, -0.2) is 20.5 Å². The van der Waals surface area contributed by atoms with Gasteiger partial charge in [-0.1, -0.05) is 42.5 Å². The molecule has 0 aliphatic carbocycles. The topological polar surface area (TPSA) is 111 Å². The number of amides is 1. The number of nitrogens with zero attached hydrogens (tertiary/aromatic N) is 2. The number of hydrazone groups is 1. The van der Waals surface area contributed by atoms with Crippen LogP contribution in [0.2, 0.25) is 0 Å². The molecule has 0 unspecified atom stereocenters. The van der Waals surface area contributed by atoms with Crippen molar-refractivity contribution in [3.05, 3.63) is 108 Å². The van der Waals surface area contributed by atoms with Gasteiger partial charge in [0.05, 0.1) is 22.7 Å². The van der Waals surface area contributed by atoms with E-state index < -0.39 is 10.0 Å². The highest BCUT2D eigenvalue weighted by Gasteiger charge is 2.13. The average Bonchev–Trinajstić information content (AvgIpc) is 2.84. The van der Waals surface area contributed by atoms with Gasteiger partial charge in [0.2, 0.25) is 0 Å². The van der Waals surface area contributed by atoms with Crippen LogP contribution in [0.4, 0.5) is 5.69 Å². The zero-order valence-electron chi connectivity index (χ0n) is 17.3. The van der Waals surface area contributed by atoms with E-state index in [1.54, 1.807) is 60.7 Å². The monoisotopic (exact) mass is 454 g/mol. The van der Waals surface area contributed by atoms with Crippen molar-refractivity contribution in [3.8, 4) is 6.07 Å². The van der Waals surface area contributed by atoms with Crippen molar-refractivity contribution in [3.63, 3.8) is 0 Å². The van der Waals surface area contributed by atoms with Gasteiger partial charge in [0.25, 0.3) is 15.9 Å². The molecule has 8 heteroatoms. The molecular weight excluding hydrogens is 436 g/mol. The Morgan fingerprint density at radius 2 is 1.58 bits per heavy atom. The summed E-state index contributed by atoms with van der Waals surface area (Å²) in [6, 6.07) is 27.4. The first-order valence-corrected chi connectivity index (χ1v) is 11.4. The van der Waals surface area contributed by atoms with Gasteiger partial charge >= 0.3 is 0 Å². The number of anilines is 1. The van der Waals surface area contributed by atoms with E-state index in [-0.39, 0.29) is 10.8 Å². The second-order valence-corrected chi connectivity index (χ2v) is 8.79. The van der Waals surface area contributed by atoms with Gasteiger partial charge in [0.15, 0.2) is 0 Å². The van der Waals surface area contributed by atoms with Crippen LogP contribution < -0.4 is 10.1 Å². The van der Waals surface area contributed by atoms with E-state index in [4.69, 9.17) is 5.26 Å². The molecule has 7 nitrogen and oxygen atoms in total. The van der Waals surface area contributed by atoms with Gasteiger partial charge in [-0.05, 0) is 64.9 Å². The molecule has 0 aliphatic rings. The first-order chi connectivity index (χ1) is 15.9. The van der Waals surface area contributed by atoms with Crippen LogP contribution in [0.15, 0.2) is 101 Å². The number of sulfonamides is 1. The Morgan fingerprint density at radius 1 is 0.879 bits per heavy atom. The maximum Gasteiger partial charge on any atom is 0.276 e. The fourth-order valence-electron chi connectivity index (χ4n) is 3.11. The third kappa shape index (κ3) is 5.23. The van der Waals surface area contributed by atoms with Crippen LogP contribution >= 0.6 is 0 Å². The van der Waals surface area contributed by atoms with Crippen molar-refractivity contribution in [1.29, 1.82) is 5.26 Å². The quantitative estimate of drug-likeness (QED) is 0.335. The number of rotatable bonds is 6. The van der Waals surface area contributed by atoms with Crippen LogP contribution in [-0.2, 0) is 10.0 Å². The van der Waals surface area contributed by atoms with E-state index in [1.165, 1.54) is 12.3 Å². The smallest absolute Gasteiger partial charge is 0.276 e. The van der Waals surface area contributed by atoms with Crippen molar-refractivity contribution in [1.82, 2.24) is 4.83 Å². The van der Waals surface area contributed by atoms with Crippen LogP contribution in [0, 0.1) is 11.3 Å². The molecule has 0 saturated heterocycles. The van der Waals surface area contributed by atoms with E-state index >= 15 is 0 Å². The van der Waals surface area contributed by atoms with Gasteiger partial charge in [0.1, 0.15) is 0 Å². The molecule has 2 N–H and O–H groups in total. The number of hydrogen-bond acceptors (Lipinski definition) is 5. The summed E-state index contributed by atoms with van der Waals surface area (Å²) >= 11 is 0. The molecule has 0 atom stereocenters. The number of carbonyl (C=O) groups is 1. The molecule has 0 spiro atoms. The van der Waals surface area contributed by atoms with Gasteiger partial charge in [-0.3, -0.25) is 4.79 Å². The minimum Gasteiger partial charge on any atom is -0.322 e. The van der Waals surface area contributed by atoms with Crippen molar-refractivity contribution in [2.24, 2.45) is 5.10 Å². The molecule has 0 saturated carbocycles. The maximum absolute atomic E-state index is 12.5. The van der Waals surface area contributed by atoms with Gasteiger partial charge in [-0.2, -0.15) is 18.8 Å². The molecule has 162 valence electrons. The van der Waals surface area contributed by atoms with Crippen molar-refractivity contribution in [2.45, 2.75) is 4.90 Å². The summed E-state index contributed by atoms with van der Waals surface area (Å²) in [5, 5.41) is 17.2. The summed E-state index contributed by atoms with van der Waals surface area (Å²) in [5.74, 6) is -0.302. The molecule has 33 heavy (non-hydrogen) atoms. The van der Waals surface area contributed by atoms with Crippen LogP contribution in [0.1, 0.15) is 21.5 Å². The largest absolute Gasteiger partial charge is 0.322 e.